The van der Waals surface area contributed by atoms with E-state index in [4.69, 9.17) is 9.47 Å². The summed E-state index contributed by atoms with van der Waals surface area (Å²) in [5.41, 5.74) is 0.674. The molecule has 2 aromatic carbocycles. The minimum Gasteiger partial charge on any atom is -0.497 e. The standard InChI is InChI=1S/C21H21NO5/c1-13(2)19-21(25)22(20(24)16-6-4-5-7-18(16)27-19)12-17(23)14-8-10-15(26-3)11-9-14/h4-11,13,19H,12H2,1-3H3/t19-/m0/s1. The molecule has 0 unspecified atom stereocenters. The molecule has 6 heteroatoms. The third-order valence-corrected chi connectivity index (χ3v) is 4.45. The van der Waals surface area contributed by atoms with Gasteiger partial charge in [-0.25, -0.2) is 0 Å². The van der Waals surface area contributed by atoms with Gasteiger partial charge in [-0.05, 0) is 42.3 Å². The molecule has 6 nitrogen and oxygen atoms in total. The number of nitrogens with zero attached hydrogens (tertiary/aromatic N) is 1. The minimum atomic E-state index is -0.832. The molecule has 0 saturated carbocycles. The smallest absolute Gasteiger partial charge is 0.271 e. The second kappa shape index (κ2) is 7.61. The molecule has 27 heavy (non-hydrogen) atoms. The summed E-state index contributed by atoms with van der Waals surface area (Å²) in [5, 5.41) is 0. The van der Waals surface area contributed by atoms with E-state index in [9.17, 15) is 14.4 Å². The summed E-state index contributed by atoms with van der Waals surface area (Å²) in [7, 11) is 1.54. The SMILES string of the molecule is COc1ccc(C(=O)CN2C(=O)c3ccccc3O[C@@H](C(C)C)C2=O)cc1. The van der Waals surface area contributed by atoms with E-state index in [0.717, 1.165) is 4.90 Å². The van der Waals surface area contributed by atoms with Crippen LogP contribution in [0.2, 0.25) is 0 Å². The molecule has 0 aromatic heterocycles. The molecule has 140 valence electrons. The number of carbonyl (C=O) groups is 3. The molecule has 2 amide bonds. The summed E-state index contributed by atoms with van der Waals surface area (Å²) in [6.45, 7) is 3.33. The Kier molecular flexibility index (Phi) is 5.26. The van der Waals surface area contributed by atoms with Gasteiger partial charge in [-0.1, -0.05) is 26.0 Å². The lowest BCUT2D eigenvalue weighted by Gasteiger charge is -2.24. The van der Waals surface area contributed by atoms with E-state index in [1.807, 2.05) is 13.8 Å². The molecular formula is C21H21NO5. The van der Waals surface area contributed by atoms with Crippen LogP contribution in [0, 0.1) is 5.92 Å². The highest BCUT2D eigenvalue weighted by atomic mass is 16.5. The number of hydrogen-bond acceptors (Lipinski definition) is 5. The van der Waals surface area contributed by atoms with Gasteiger partial charge >= 0.3 is 0 Å². The second-order valence-corrected chi connectivity index (χ2v) is 6.66. The molecule has 0 bridgehead atoms. The Morgan fingerprint density at radius 1 is 1.11 bits per heavy atom. The first-order valence-corrected chi connectivity index (χ1v) is 8.71. The number of para-hydroxylation sites is 1. The van der Waals surface area contributed by atoms with Crippen LogP contribution < -0.4 is 9.47 Å². The van der Waals surface area contributed by atoms with Gasteiger partial charge in [0, 0.05) is 5.56 Å². The number of imide groups is 1. The normalized spacial score (nSPS) is 16.6. The Labute approximate surface area is 157 Å². The molecule has 0 radical (unpaired) electrons. The molecule has 0 spiro atoms. The van der Waals surface area contributed by atoms with E-state index < -0.39 is 17.9 Å². The summed E-state index contributed by atoms with van der Waals surface area (Å²) in [4.78, 5) is 39.5. The third-order valence-electron chi connectivity index (χ3n) is 4.45. The molecule has 1 heterocycles. The molecular weight excluding hydrogens is 346 g/mol. The molecule has 1 aliphatic heterocycles. The number of amides is 2. The van der Waals surface area contributed by atoms with Crippen molar-refractivity contribution in [3.63, 3.8) is 0 Å². The van der Waals surface area contributed by atoms with Crippen LogP contribution in [0.4, 0.5) is 0 Å². The summed E-state index contributed by atoms with van der Waals surface area (Å²) in [6, 6.07) is 13.2. The molecule has 1 aliphatic rings. The first-order chi connectivity index (χ1) is 12.9. The lowest BCUT2D eigenvalue weighted by Crippen LogP contribution is -2.47. The molecule has 0 saturated heterocycles. The maximum Gasteiger partial charge on any atom is 0.271 e. The molecule has 0 N–H and O–H groups in total. The fourth-order valence-electron chi connectivity index (χ4n) is 2.92. The van der Waals surface area contributed by atoms with Crippen LogP contribution in [0.15, 0.2) is 48.5 Å². The van der Waals surface area contributed by atoms with Crippen molar-refractivity contribution < 1.29 is 23.9 Å². The van der Waals surface area contributed by atoms with Crippen molar-refractivity contribution in [3.05, 3.63) is 59.7 Å². The highest BCUT2D eigenvalue weighted by molar-refractivity contribution is 6.12. The minimum absolute atomic E-state index is 0.157. The van der Waals surface area contributed by atoms with Crippen molar-refractivity contribution in [1.82, 2.24) is 4.90 Å². The van der Waals surface area contributed by atoms with Crippen molar-refractivity contribution in [3.8, 4) is 11.5 Å². The van der Waals surface area contributed by atoms with Gasteiger partial charge in [0.15, 0.2) is 11.9 Å². The Morgan fingerprint density at radius 2 is 1.78 bits per heavy atom. The van der Waals surface area contributed by atoms with Crippen molar-refractivity contribution in [1.29, 1.82) is 0 Å². The third kappa shape index (κ3) is 3.69. The maximum atomic E-state index is 12.9. The fourth-order valence-corrected chi connectivity index (χ4v) is 2.92. The van der Waals surface area contributed by atoms with E-state index in [1.165, 1.54) is 7.11 Å². The first-order valence-electron chi connectivity index (χ1n) is 8.71. The van der Waals surface area contributed by atoms with Crippen molar-refractivity contribution in [2.75, 3.05) is 13.7 Å². The Balaban J connectivity index is 1.92. The summed E-state index contributed by atoms with van der Waals surface area (Å²) >= 11 is 0. The van der Waals surface area contributed by atoms with Crippen molar-refractivity contribution >= 4 is 17.6 Å². The maximum absolute atomic E-state index is 12.9. The van der Waals surface area contributed by atoms with Gasteiger partial charge < -0.3 is 9.47 Å². The molecule has 0 aliphatic carbocycles. The molecule has 1 atom stereocenters. The average molecular weight is 367 g/mol. The van der Waals surface area contributed by atoms with Crippen LogP contribution in [0.1, 0.15) is 34.6 Å². The number of hydrogen-bond donors (Lipinski definition) is 0. The average Bonchev–Trinajstić information content (AvgIpc) is 2.78. The lowest BCUT2D eigenvalue weighted by molar-refractivity contribution is -0.136. The van der Waals surface area contributed by atoms with Gasteiger partial charge in [0.05, 0.1) is 19.2 Å². The predicted molar refractivity (Wildman–Crippen MR) is 99.1 cm³/mol. The second-order valence-electron chi connectivity index (χ2n) is 6.66. The number of fused-ring (bicyclic) bond motifs is 1. The Hall–Kier alpha value is -3.15. The van der Waals surface area contributed by atoms with Crippen LogP contribution in [0.5, 0.6) is 11.5 Å². The van der Waals surface area contributed by atoms with Crippen LogP contribution in [-0.4, -0.2) is 42.3 Å². The number of methoxy groups -OCH3 is 1. The number of rotatable bonds is 5. The predicted octanol–water partition coefficient (Wildman–Crippen LogP) is 2.96. The van der Waals surface area contributed by atoms with Gasteiger partial charge in [-0.15, -0.1) is 0 Å². The molecule has 3 rings (SSSR count). The lowest BCUT2D eigenvalue weighted by atomic mass is 10.1. The zero-order valence-electron chi connectivity index (χ0n) is 15.5. The van der Waals surface area contributed by atoms with Crippen molar-refractivity contribution in [2.45, 2.75) is 20.0 Å². The van der Waals surface area contributed by atoms with Gasteiger partial charge in [0.25, 0.3) is 11.8 Å². The summed E-state index contributed by atoms with van der Waals surface area (Å²) in [5.74, 6) is -0.547. The monoisotopic (exact) mass is 367 g/mol. The van der Waals surface area contributed by atoms with E-state index in [-0.39, 0.29) is 23.8 Å². The number of benzene rings is 2. The van der Waals surface area contributed by atoms with E-state index in [1.54, 1.807) is 48.5 Å². The Bertz CT molecular complexity index is 872. The Morgan fingerprint density at radius 3 is 2.41 bits per heavy atom. The van der Waals surface area contributed by atoms with Gasteiger partial charge in [0.2, 0.25) is 0 Å². The van der Waals surface area contributed by atoms with Crippen LogP contribution in [0.25, 0.3) is 0 Å². The van der Waals surface area contributed by atoms with E-state index >= 15 is 0 Å². The zero-order chi connectivity index (χ0) is 19.6. The van der Waals surface area contributed by atoms with Gasteiger partial charge in [-0.3, -0.25) is 19.3 Å². The number of Topliss-reactive ketones (excluding diaryl/α,β-unsaturated/α-hetero) is 1. The highest BCUT2D eigenvalue weighted by Gasteiger charge is 2.38. The van der Waals surface area contributed by atoms with Gasteiger partial charge in [0.1, 0.15) is 11.5 Å². The quantitative estimate of drug-likeness (QED) is 0.600. The number of carbonyl (C=O) groups excluding carboxylic acids is 3. The first kappa shape index (κ1) is 18.6. The highest BCUT2D eigenvalue weighted by Crippen LogP contribution is 2.28. The largest absolute Gasteiger partial charge is 0.497 e. The molecule has 0 fully saturated rings. The fraction of sp³-hybridized carbons (Fsp3) is 0.286. The van der Waals surface area contributed by atoms with Crippen LogP contribution in [0.3, 0.4) is 0 Å². The van der Waals surface area contributed by atoms with Gasteiger partial charge in [-0.2, -0.15) is 0 Å². The van der Waals surface area contributed by atoms with Crippen LogP contribution in [-0.2, 0) is 4.79 Å². The molecule has 2 aromatic rings. The summed E-state index contributed by atoms with van der Waals surface area (Å²) in [6.07, 6.45) is -0.832. The van der Waals surface area contributed by atoms with E-state index in [2.05, 4.69) is 0 Å². The summed E-state index contributed by atoms with van der Waals surface area (Å²) < 4.78 is 10.9. The zero-order valence-corrected chi connectivity index (χ0v) is 15.5. The van der Waals surface area contributed by atoms with Crippen molar-refractivity contribution in [2.24, 2.45) is 5.92 Å². The topological polar surface area (TPSA) is 72.9 Å². The number of ether oxygens (including phenoxy) is 2. The number of ketones is 1. The van der Waals surface area contributed by atoms with Crippen LogP contribution >= 0.6 is 0 Å². The van der Waals surface area contributed by atoms with E-state index in [0.29, 0.717) is 17.1 Å².